The molecule has 0 saturated carbocycles. The maximum Gasteiger partial charge on any atom is 0.422 e. The van der Waals surface area contributed by atoms with E-state index in [2.05, 4.69) is 17.2 Å². The first-order valence-electron chi connectivity index (χ1n) is 17.3. The SMILES string of the molecule is CCCCCCCCCCCCCC(=O)N[C@@H](C=CP(=O)(OCC)OCC)Cc1ccc(OCc2cc(OCC(F)(F)F)ccn2)cc1. The van der Waals surface area contributed by atoms with Crippen molar-refractivity contribution in [1.82, 2.24) is 10.3 Å². The van der Waals surface area contributed by atoms with Crippen molar-refractivity contribution in [3.8, 4) is 11.5 Å². The molecule has 0 spiro atoms. The third-order valence-corrected chi connectivity index (χ3v) is 9.20. The van der Waals surface area contributed by atoms with Gasteiger partial charge in [-0.05, 0) is 50.5 Å². The number of benzene rings is 1. The minimum absolute atomic E-state index is 0.0349. The highest BCUT2D eigenvalue weighted by molar-refractivity contribution is 7.57. The predicted octanol–water partition coefficient (Wildman–Crippen LogP) is 10.1. The fraction of sp³-hybridized carbons (Fsp3) is 0.611. The van der Waals surface area contributed by atoms with E-state index < -0.39 is 26.4 Å². The molecule has 0 aliphatic rings. The van der Waals surface area contributed by atoms with Gasteiger partial charge in [0.1, 0.15) is 18.1 Å². The summed E-state index contributed by atoms with van der Waals surface area (Å²) in [5.74, 6) is 1.94. The van der Waals surface area contributed by atoms with E-state index in [1.54, 1.807) is 32.1 Å². The van der Waals surface area contributed by atoms with Gasteiger partial charge in [-0.15, -0.1) is 0 Å². The average Bonchev–Trinajstić information content (AvgIpc) is 3.05. The lowest BCUT2D eigenvalue weighted by Crippen LogP contribution is -2.34. The van der Waals surface area contributed by atoms with Gasteiger partial charge in [0, 0.05) is 24.5 Å². The summed E-state index contributed by atoms with van der Waals surface area (Å²) in [6, 6.07) is 9.54. The van der Waals surface area contributed by atoms with Crippen molar-refractivity contribution < 1.29 is 41.1 Å². The second-order valence-corrected chi connectivity index (χ2v) is 13.6. The first kappa shape index (κ1) is 41.3. The van der Waals surface area contributed by atoms with E-state index in [9.17, 15) is 22.5 Å². The summed E-state index contributed by atoms with van der Waals surface area (Å²) >= 11 is 0. The smallest absolute Gasteiger partial charge is 0.422 e. The van der Waals surface area contributed by atoms with Crippen molar-refractivity contribution in [3.05, 3.63) is 65.7 Å². The molecule has 270 valence electrons. The van der Waals surface area contributed by atoms with Gasteiger partial charge < -0.3 is 23.8 Å². The van der Waals surface area contributed by atoms with Crippen LogP contribution in [-0.2, 0) is 31.4 Å². The predicted molar refractivity (Wildman–Crippen MR) is 183 cm³/mol. The molecular weight excluding hydrogens is 644 g/mol. The van der Waals surface area contributed by atoms with Crippen LogP contribution in [0.2, 0.25) is 0 Å². The second kappa shape index (κ2) is 23.5. The Morgan fingerprint density at radius 1 is 0.854 bits per heavy atom. The number of hydrogen-bond acceptors (Lipinski definition) is 7. The molecule has 1 aromatic carbocycles. The Balaban J connectivity index is 1.92. The fourth-order valence-electron chi connectivity index (χ4n) is 5.01. The number of rotatable bonds is 26. The van der Waals surface area contributed by atoms with Crippen LogP contribution >= 0.6 is 7.60 Å². The minimum Gasteiger partial charge on any atom is -0.487 e. The molecule has 12 heteroatoms. The van der Waals surface area contributed by atoms with Crippen molar-refractivity contribution in [2.75, 3.05) is 19.8 Å². The summed E-state index contributed by atoms with van der Waals surface area (Å²) in [5, 5.41) is 3.06. The summed E-state index contributed by atoms with van der Waals surface area (Å²) in [7, 11) is -3.45. The van der Waals surface area contributed by atoms with Crippen molar-refractivity contribution in [2.24, 2.45) is 0 Å². The van der Waals surface area contributed by atoms with Crippen LogP contribution in [0.15, 0.2) is 54.5 Å². The average molecular weight is 699 g/mol. The van der Waals surface area contributed by atoms with Gasteiger partial charge in [-0.25, -0.2) is 0 Å². The number of ether oxygens (including phenoxy) is 2. The number of aromatic nitrogens is 1. The molecule has 0 aliphatic heterocycles. The first-order chi connectivity index (χ1) is 23.1. The molecular formula is C36H54F3N2O6P. The number of unbranched alkanes of at least 4 members (excludes halogenated alkanes) is 10. The monoisotopic (exact) mass is 698 g/mol. The van der Waals surface area contributed by atoms with Crippen molar-refractivity contribution in [1.29, 1.82) is 0 Å². The lowest BCUT2D eigenvalue weighted by molar-refractivity contribution is -0.153. The van der Waals surface area contributed by atoms with E-state index in [0.717, 1.165) is 24.8 Å². The summed E-state index contributed by atoms with van der Waals surface area (Å²) in [6.07, 6.45) is 12.7. The van der Waals surface area contributed by atoms with Gasteiger partial charge in [0.2, 0.25) is 5.91 Å². The molecule has 2 aromatic rings. The summed E-state index contributed by atoms with van der Waals surface area (Å²) < 4.78 is 71.8. The maximum atomic E-state index is 13.1. The van der Waals surface area contributed by atoms with Crippen molar-refractivity contribution in [3.63, 3.8) is 0 Å². The highest BCUT2D eigenvalue weighted by Crippen LogP contribution is 2.49. The van der Waals surface area contributed by atoms with Crippen molar-refractivity contribution >= 4 is 13.5 Å². The maximum absolute atomic E-state index is 13.1. The Hall–Kier alpha value is -2.88. The molecule has 0 fully saturated rings. The van der Waals surface area contributed by atoms with Crippen LogP contribution < -0.4 is 14.8 Å². The Labute approximate surface area is 284 Å². The number of nitrogens with one attached hydrogen (secondary N) is 1. The molecule has 0 saturated heterocycles. The number of alkyl halides is 3. The van der Waals surface area contributed by atoms with E-state index in [0.29, 0.717) is 24.3 Å². The minimum atomic E-state index is -4.43. The van der Waals surface area contributed by atoms with E-state index in [1.165, 1.54) is 75.5 Å². The molecule has 48 heavy (non-hydrogen) atoms. The lowest BCUT2D eigenvalue weighted by Gasteiger charge is -2.18. The third-order valence-electron chi connectivity index (χ3n) is 7.43. The van der Waals surface area contributed by atoms with E-state index in [4.69, 9.17) is 18.5 Å². The van der Waals surface area contributed by atoms with E-state index in [-0.39, 0.29) is 31.5 Å². The highest BCUT2D eigenvalue weighted by atomic mass is 31.2. The Morgan fingerprint density at radius 2 is 1.46 bits per heavy atom. The zero-order valence-corrected chi connectivity index (χ0v) is 29.7. The largest absolute Gasteiger partial charge is 0.487 e. The number of halogens is 3. The molecule has 1 N–H and O–H groups in total. The third kappa shape index (κ3) is 19.2. The van der Waals surface area contributed by atoms with Crippen LogP contribution in [0.5, 0.6) is 11.5 Å². The van der Waals surface area contributed by atoms with Crippen LogP contribution in [0.1, 0.15) is 109 Å². The quantitative estimate of drug-likeness (QED) is 0.0772. The van der Waals surface area contributed by atoms with Crippen molar-refractivity contribution in [2.45, 2.75) is 123 Å². The Morgan fingerprint density at radius 3 is 2.04 bits per heavy atom. The topological polar surface area (TPSA) is 96.0 Å². The van der Waals surface area contributed by atoms with Crippen LogP contribution in [0.3, 0.4) is 0 Å². The normalized spacial score (nSPS) is 12.7. The zero-order valence-electron chi connectivity index (χ0n) is 28.8. The van der Waals surface area contributed by atoms with Crippen LogP contribution in [0.25, 0.3) is 0 Å². The molecule has 2 rings (SSSR count). The number of hydrogen-bond donors (Lipinski definition) is 1. The van der Waals surface area contributed by atoms with E-state index >= 15 is 0 Å². The van der Waals surface area contributed by atoms with Gasteiger partial charge in [-0.1, -0.05) is 89.3 Å². The number of carbonyl (C=O) groups is 1. The summed E-state index contributed by atoms with van der Waals surface area (Å²) in [6.45, 7) is 4.81. The number of pyridine rings is 1. The molecule has 0 aliphatic carbocycles. The van der Waals surface area contributed by atoms with Gasteiger partial charge in [0.05, 0.1) is 24.9 Å². The van der Waals surface area contributed by atoms with Gasteiger partial charge in [0.15, 0.2) is 6.61 Å². The summed E-state index contributed by atoms with van der Waals surface area (Å²) in [5.41, 5.74) is 1.31. The van der Waals surface area contributed by atoms with Gasteiger partial charge in [-0.2, -0.15) is 13.2 Å². The highest BCUT2D eigenvalue weighted by Gasteiger charge is 2.28. The molecule has 1 heterocycles. The molecule has 1 atom stereocenters. The first-order valence-corrected chi connectivity index (χ1v) is 18.9. The second-order valence-electron chi connectivity index (χ2n) is 11.7. The van der Waals surface area contributed by atoms with E-state index in [1.807, 2.05) is 12.1 Å². The molecule has 1 amide bonds. The summed E-state index contributed by atoms with van der Waals surface area (Å²) in [4.78, 5) is 17.0. The van der Waals surface area contributed by atoms with Gasteiger partial charge >= 0.3 is 13.8 Å². The van der Waals surface area contributed by atoms with Crippen LogP contribution in [0.4, 0.5) is 13.2 Å². The molecule has 0 bridgehead atoms. The number of carbonyl (C=O) groups excluding carboxylic acids is 1. The molecule has 0 radical (unpaired) electrons. The molecule has 0 unspecified atom stereocenters. The number of nitrogens with zero attached hydrogens (tertiary/aromatic N) is 1. The van der Waals surface area contributed by atoms with Gasteiger partial charge in [-0.3, -0.25) is 14.3 Å². The molecule has 8 nitrogen and oxygen atoms in total. The fourth-order valence-corrected chi connectivity index (χ4v) is 6.40. The Kier molecular flexibility index (Phi) is 20.2. The van der Waals surface area contributed by atoms with Crippen LogP contribution in [-0.4, -0.2) is 42.9 Å². The van der Waals surface area contributed by atoms with Crippen LogP contribution in [0, 0.1) is 0 Å². The lowest BCUT2D eigenvalue weighted by atomic mass is 10.0. The van der Waals surface area contributed by atoms with Gasteiger partial charge in [0.25, 0.3) is 0 Å². The zero-order chi connectivity index (χ0) is 35.1. The number of amides is 1. The molecule has 1 aromatic heterocycles. The standard InChI is InChI=1S/C36H54F3N2O6P/c1-4-7-8-9-10-11-12-13-14-15-16-17-35(42)41-31(23-25-48(43,46-5-2)47-6-3)26-30-18-20-33(21-19-30)44-28-32-27-34(22-24-40-32)45-29-36(37,38)39/h18-25,27,31H,4-17,26,28-29H2,1-3H3,(H,41,42)/t31-/m0/s1. The Bertz CT molecular complexity index is 1230.